The second-order valence-electron chi connectivity index (χ2n) is 5.33. The Balaban J connectivity index is 3.22. The molecule has 3 nitrogen and oxygen atoms in total. The Hall–Kier alpha value is -1.06. The van der Waals surface area contributed by atoms with Gasteiger partial charge in [-0.25, -0.2) is 0 Å². The molecule has 0 radical (unpaired) electrons. The minimum absolute atomic E-state index is 0.239. The lowest BCUT2D eigenvalue weighted by Crippen LogP contribution is -2.30. The van der Waals surface area contributed by atoms with E-state index in [0.717, 1.165) is 12.2 Å². The van der Waals surface area contributed by atoms with E-state index in [1.54, 1.807) is 7.11 Å². The molecule has 0 aliphatic heterocycles. The number of hydrogen-bond donors (Lipinski definition) is 2. The van der Waals surface area contributed by atoms with Gasteiger partial charge < -0.3 is 15.8 Å². The van der Waals surface area contributed by atoms with Crippen molar-refractivity contribution < 1.29 is 4.74 Å². The van der Waals surface area contributed by atoms with E-state index in [1.165, 1.54) is 11.1 Å². The summed E-state index contributed by atoms with van der Waals surface area (Å²) in [6, 6.07) is 6.70. The molecule has 19 heavy (non-hydrogen) atoms. The van der Waals surface area contributed by atoms with Gasteiger partial charge in [0.05, 0.1) is 7.11 Å². The van der Waals surface area contributed by atoms with E-state index >= 15 is 0 Å². The van der Waals surface area contributed by atoms with Gasteiger partial charge in [-0.05, 0) is 37.1 Å². The number of methoxy groups -OCH3 is 1. The summed E-state index contributed by atoms with van der Waals surface area (Å²) >= 11 is 0. The van der Waals surface area contributed by atoms with Crippen LogP contribution in [0.5, 0.6) is 5.75 Å². The molecule has 0 amide bonds. The van der Waals surface area contributed by atoms with E-state index in [0.29, 0.717) is 18.4 Å². The van der Waals surface area contributed by atoms with Gasteiger partial charge in [0.25, 0.3) is 0 Å². The zero-order valence-electron chi connectivity index (χ0n) is 12.9. The molecule has 0 aliphatic carbocycles. The van der Waals surface area contributed by atoms with Crippen molar-refractivity contribution in [3.05, 3.63) is 29.3 Å². The van der Waals surface area contributed by atoms with E-state index in [2.05, 4.69) is 44.3 Å². The molecule has 1 rings (SSSR count). The molecule has 3 heteroatoms. The summed E-state index contributed by atoms with van der Waals surface area (Å²) in [5, 5.41) is 3.40. The third kappa shape index (κ3) is 3.71. The predicted octanol–water partition coefficient (Wildman–Crippen LogP) is 3.06. The molecule has 1 aromatic carbocycles. The number of nitrogens with two attached hydrogens (primary N) is 1. The molecule has 0 aliphatic rings. The first kappa shape index (κ1) is 16.0. The third-order valence-corrected chi connectivity index (χ3v) is 3.87. The lowest BCUT2D eigenvalue weighted by molar-refractivity contribution is 0.352. The van der Waals surface area contributed by atoms with Crippen LogP contribution in [0.2, 0.25) is 0 Å². The fraction of sp³-hybridized carbons (Fsp3) is 0.625. The van der Waals surface area contributed by atoms with Crippen LogP contribution in [0.1, 0.15) is 50.3 Å². The predicted molar refractivity (Wildman–Crippen MR) is 81.7 cm³/mol. The molecule has 0 spiro atoms. The molecular weight excluding hydrogens is 236 g/mol. The van der Waals surface area contributed by atoms with Crippen molar-refractivity contribution in [1.29, 1.82) is 0 Å². The SMILES string of the molecule is CCC(CN)C(NC)c1cc(C(C)C)ccc1OC. The fourth-order valence-electron chi connectivity index (χ4n) is 2.54. The molecular formula is C16H28N2O. The highest BCUT2D eigenvalue weighted by atomic mass is 16.5. The highest BCUT2D eigenvalue weighted by Crippen LogP contribution is 2.33. The Morgan fingerprint density at radius 2 is 2.00 bits per heavy atom. The lowest BCUT2D eigenvalue weighted by atomic mass is 9.88. The zero-order chi connectivity index (χ0) is 14.4. The first-order valence-corrected chi connectivity index (χ1v) is 7.14. The number of nitrogens with one attached hydrogen (secondary N) is 1. The Morgan fingerprint density at radius 3 is 2.42 bits per heavy atom. The van der Waals surface area contributed by atoms with Crippen LogP contribution in [0.15, 0.2) is 18.2 Å². The van der Waals surface area contributed by atoms with Crippen molar-refractivity contribution in [2.45, 2.75) is 39.2 Å². The van der Waals surface area contributed by atoms with Crippen LogP contribution in [0, 0.1) is 5.92 Å². The number of rotatable bonds is 7. The zero-order valence-corrected chi connectivity index (χ0v) is 12.9. The van der Waals surface area contributed by atoms with Gasteiger partial charge in [-0.15, -0.1) is 0 Å². The summed E-state index contributed by atoms with van der Waals surface area (Å²) in [6.07, 6.45) is 1.05. The standard InChI is InChI=1S/C16H28N2O/c1-6-12(10-17)16(18-4)14-9-13(11(2)3)7-8-15(14)19-5/h7-9,11-12,16,18H,6,10,17H2,1-5H3. The van der Waals surface area contributed by atoms with Crippen molar-refractivity contribution in [2.24, 2.45) is 11.7 Å². The average molecular weight is 264 g/mol. The van der Waals surface area contributed by atoms with Crippen LogP contribution in [-0.2, 0) is 0 Å². The van der Waals surface area contributed by atoms with E-state index in [9.17, 15) is 0 Å². The normalized spacial score (nSPS) is 14.5. The second kappa shape index (κ2) is 7.51. The summed E-state index contributed by atoms with van der Waals surface area (Å²) in [5.74, 6) is 1.87. The molecule has 0 saturated carbocycles. The lowest BCUT2D eigenvalue weighted by Gasteiger charge is -2.27. The Labute approximate surface area is 117 Å². The van der Waals surface area contributed by atoms with Crippen molar-refractivity contribution in [3.8, 4) is 5.75 Å². The molecule has 1 aromatic rings. The quantitative estimate of drug-likeness (QED) is 0.795. The molecule has 3 N–H and O–H groups in total. The van der Waals surface area contributed by atoms with Gasteiger partial charge >= 0.3 is 0 Å². The van der Waals surface area contributed by atoms with E-state index < -0.39 is 0 Å². The van der Waals surface area contributed by atoms with Gasteiger partial charge in [-0.2, -0.15) is 0 Å². The highest BCUT2D eigenvalue weighted by Gasteiger charge is 2.22. The monoisotopic (exact) mass is 264 g/mol. The molecule has 2 atom stereocenters. The molecule has 2 unspecified atom stereocenters. The van der Waals surface area contributed by atoms with Crippen LogP contribution in [0.4, 0.5) is 0 Å². The molecule has 0 heterocycles. The van der Waals surface area contributed by atoms with E-state index in [1.807, 2.05) is 7.05 Å². The van der Waals surface area contributed by atoms with Gasteiger partial charge in [0.15, 0.2) is 0 Å². The van der Waals surface area contributed by atoms with Crippen molar-refractivity contribution in [2.75, 3.05) is 20.7 Å². The maximum Gasteiger partial charge on any atom is 0.123 e. The molecule has 0 aromatic heterocycles. The summed E-state index contributed by atoms with van der Waals surface area (Å²) < 4.78 is 5.52. The molecule has 108 valence electrons. The molecule has 0 saturated heterocycles. The number of ether oxygens (including phenoxy) is 1. The van der Waals surface area contributed by atoms with Crippen molar-refractivity contribution in [1.82, 2.24) is 5.32 Å². The summed E-state index contributed by atoms with van der Waals surface area (Å²) in [7, 11) is 3.72. The topological polar surface area (TPSA) is 47.3 Å². The third-order valence-electron chi connectivity index (χ3n) is 3.87. The maximum atomic E-state index is 5.91. The first-order chi connectivity index (χ1) is 9.08. The van der Waals surface area contributed by atoms with Gasteiger partial charge in [0.1, 0.15) is 5.75 Å². The van der Waals surface area contributed by atoms with Crippen LogP contribution < -0.4 is 15.8 Å². The largest absolute Gasteiger partial charge is 0.496 e. The minimum Gasteiger partial charge on any atom is -0.496 e. The van der Waals surface area contributed by atoms with Gasteiger partial charge in [0.2, 0.25) is 0 Å². The Bertz CT molecular complexity index is 386. The first-order valence-electron chi connectivity index (χ1n) is 7.14. The van der Waals surface area contributed by atoms with Crippen LogP contribution in [-0.4, -0.2) is 20.7 Å². The summed E-state index contributed by atoms with van der Waals surface area (Å²) in [5.41, 5.74) is 8.46. The summed E-state index contributed by atoms with van der Waals surface area (Å²) in [4.78, 5) is 0. The smallest absolute Gasteiger partial charge is 0.123 e. The Morgan fingerprint density at radius 1 is 1.32 bits per heavy atom. The molecule has 0 fully saturated rings. The Kier molecular flexibility index (Phi) is 6.32. The van der Waals surface area contributed by atoms with Crippen molar-refractivity contribution >= 4 is 0 Å². The maximum absolute atomic E-state index is 5.91. The van der Waals surface area contributed by atoms with Crippen LogP contribution in [0.3, 0.4) is 0 Å². The number of benzene rings is 1. The van der Waals surface area contributed by atoms with E-state index in [-0.39, 0.29) is 6.04 Å². The second-order valence-corrected chi connectivity index (χ2v) is 5.33. The highest BCUT2D eigenvalue weighted by molar-refractivity contribution is 5.41. The average Bonchev–Trinajstić information content (AvgIpc) is 2.43. The van der Waals surface area contributed by atoms with Crippen molar-refractivity contribution in [3.63, 3.8) is 0 Å². The summed E-state index contributed by atoms with van der Waals surface area (Å²) in [6.45, 7) is 7.28. The minimum atomic E-state index is 0.239. The number of hydrogen-bond acceptors (Lipinski definition) is 3. The van der Waals surface area contributed by atoms with Crippen LogP contribution in [0.25, 0.3) is 0 Å². The van der Waals surface area contributed by atoms with Gasteiger partial charge in [-0.3, -0.25) is 0 Å². The fourth-order valence-corrected chi connectivity index (χ4v) is 2.54. The van der Waals surface area contributed by atoms with Crippen LogP contribution >= 0.6 is 0 Å². The van der Waals surface area contributed by atoms with Gasteiger partial charge in [0, 0.05) is 11.6 Å². The van der Waals surface area contributed by atoms with Gasteiger partial charge in [-0.1, -0.05) is 39.3 Å². The molecule has 0 bridgehead atoms. The van der Waals surface area contributed by atoms with E-state index in [4.69, 9.17) is 10.5 Å².